The molecule has 3 aromatic rings. The van der Waals surface area contributed by atoms with Gasteiger partial charge in [-0.3, -0.25) is 0 Å². The van der Waals surface area contributed by atoms with Crippen molar-refractivity contribution in [2.75, 3.05) is 7.11 Å². The van der Waals surface area contributed by atoms with Gasteiger partial charge in [0.2, 0.25) is 0 Å². The Morgan fingerprint density at radius 1 is 1.05 bits per heavy atom. The van der Waals surface area contributed by atoms with Gasteiger partial charge in [0.15, 0.2) is 0 Å². The topological polar surface area (TPSA) is 45.9 Å². The molecule has 0 amide bonds. The Morgan fingerprint density at radius 3 is 2.48 bits per heavy atom. The number of nitrogens with zero attached hydrogens (tertiary/aromatic N) is 2. The van der Waals surface area contributed by atoms with E-state index in [0.717, 1.165) is 33.3 Å². The molecule has 0 radical (unpaired) electrons. The van der Waals surface area contributed by atoms with Crippen LogP contribution in [0.25, 0.3) is 21.9 Å². The Balaban J connectivity index is 2.43. The van der Waals surface area contributed by atoms with Gasteiger partial charge in [0.25, 0.3) is 0 Å². The Hall–Kier alpha value is -2.86. The zero-order chi connectivity index (χ0) is 14.8. The minimum atomic E-state index is 0.449. The van der Waals surface area contributed by atoms with E-state index < -0.39 is 0 Å². The molecular weight excluding hydrogens is 260 g/mol. The van der Waals surface area contributed by atoms with Crippen LogP contribution in [0.5, 0.6) is 5.75 Å². The second-order valence-electron chi connectivity index (χ2n) is 4.81. The zero-order valence-electron chi connectivity index (χ0n) is 11.9. The number of aromatic nitrogens is 1. The quantitative estimate of drug-likeness (QED) is 0.707. The van der Waals surface area contributed by atoms with Crippen molar-refractivity contribution >= 4 is 10.8 Å². The number of ether oxygens (including phenoxy) is 1. The third-order valence-electron chi connectivity index (χ3n) is 3.56. The van der Waals surface area contributed by atoms with Crippen LogP contribution < -0.4 is 4.74 Å². The molecule has 0 bridgehead atoms. The van der Waals surface area contributed by atoms with Gasteiger partial charge in [0, 0.05) is 16.6 Å². The second-order valence-corrected chi connectivity index (χ2v) is 4.81. The van der Waals surface area contributed by atoms with Gasteiger partial charge in [0.1, 0.15) is 17.5 Å². The van der Waals surface area contributed by atoms with Gasteiger partial charge >= 0.3 is 0 Å². The summed E-state index contributed by atoms with van der Waals surface area (Å²) in [6.07, 6.45) is 0. The first kappa shape index (κ1) is 13.1. The van der Waals surface area contributed by atoms with E-state index >= 15 is 0 Å². The Labute approximate surface area is 123 Å². The molecule has 1 heterocycles. The fourth-order valence-electron chi connectivity index (χ4n) is 2.60. The molecule has 0 spiro atoms. The van der Waals surface area contributed by atoms with Gasteiger partial charge in [-0.2, -0.15) is 5.26 Å². The number of fused-ring (bicyclic) bond motifs is 1. The van der Waals surface area contributed by atoms with Gasteiger partial charge in [-0.1, -0.05) is 30.3 Å². The molecule has 102 valence electrons. The molecular formula is C18H14N2O. The summed E-state index contributed by atoms with van der Waals surface area (Å²) in [5, 5.41) is 11.1. The highest BCUT2D eigenvalue weighted by molar-refractivity contribution is 6.00. The molecule has 3 heteroatoms. The predicted octanol–water partition coefficient (Wildman–Crippen LogP) is 4.09. The van der Waals surface area contributed by atoms with E-state index in [0.29, 0.717) is 5.69 Å². The summed E-state index contributed by atoms with van der Waals surface area (Å²) < 4.78 is 5.32. The van der Waals surface area contributed by atoms with Crippen molar-refractivity contribution in [3.63, 3.8) is 0 Å². The molecule has 0 saturated heterocycles. The van der Waals surface area contributed by atoms with Crippen LogP contribution >= 0.6 is 0 Å². The lowest BCUT2D eigenvalue weighted by molar-refractivity contribution is 0.415. The van der Waals surface area contributed by atoms with Crippen LogP contribution in [0.4, 0.5) is 0 Å². The molecule has 0 saturated carbocycles. The minimum absolute atomic E-state index is 0.449. The Kier molecular flexibility index (Phi) is 3.29. The van der Waals surface area contributed by atoms with Crippen LogP contribution in [0, 0.1) is 18.3 Å². The van der Waals surface area contributed by atoms with E-state index in [1.54, 1.807) is 7.11 Å². The van der Waals surface area contributed by atoms with Gasteiger partial charge < -0.3 is 4.74 Å². The maximum absolute atomic E-state index is 9.30. The lowest BCUT2D eigenvalue weighted by atomic mass is 9.96. The number of pyridine rings is 1. The lowest BCUT2D eigenvalue weighted by Crippen LogP contribution is -1.95. The first-order chi connectivity index (χ1) is 10.2. The largest absolute Gasteiger partial charge is 0.497 e. The van der Waals surface area contributed by atoms with Gasteiger partial charge in [-0.05, 0) is 36.1 Å². The van der Waals surface area contributed by atoms with Crippen molar-refractivity contribution in [2.45, 2.75) is 6.92 Å². The summed E-state index contributed by atoms with van der Waals surface area (Å²) in [5.41, 5.74) is 3.43. The molecule has 0 unspecified atom stereocenters. The first-order valence-electron chi connectivity index (χ1n) is 6.68. The van der Waals surface area contributed by atoms with Crippen molar-refractivity contribution in [1.29, 1.82) is 5.26 Å². The Morgan fingerprint density at radius 2 is 1.81 bits per heavy atom. The number of aryl methyl sites for hydroxylation is 1. The third kappa shape index (κ3) is 2.21. The first-order valence-corrected chi connectivity index (χ1v) is 6.68. The number of benzene rings is 2. The Bertz CT molecular complexity index is 848. The van der Waals surface area contributed by atoms with E-state index in [-0.39, 0.29) is 0 Å². The van der Waals surface area contributed by atoms with E-state index in [4.69, 9.17) is 4.74 Å². The van der Waals surface area contributed by atoms with E-state index in [2.05, 4.69) is 23.2 Å². The number of methoxy groups -OCH3 is 1. The maximum atomic E-state index is 9.30. The van der Waals surface area contributed by atoms with Crippen molar-refractivity contribution in [2.24, 2.45) is 0 Å². The number of nitriles is 1. The van der Waals surface area contributed by atoms with Crippen molar-refractivity contribution in [3.8, 4) is 22.9 Å². The van der Waals surface area contributed by atoms with Crippen LogP contribution in [0.2, 0.25) is 0 Å². The summed E-state index contributed by atoms with van der Waals surface area (Å²) in [4.78, 5) is 4.45. The third-order valence-corrected chi connectivity index (χ3v) is 3.56. The molecule has 1 aromatic heterocycles. The molecule has 0 N–H and O–H groups in total. The van der Waals surface area contributed by atoms with Gasteiger partial charge in [-0.15, -0.1) is 0 Å². The molecule has 21 heavy (non-hydrogen) atoms. The minimum Gasteiger partial charge on any atom is -0.497 e. The number of hydrogen-bond acceptors (Lipinski definition) is 3. The standard InChI is InChI=1S/C18H14N2O/c1-12-18(13-6-4-3-5-7-13)16-10-14(21-2)8-9-15(16)17(11-19)20-12/h3-10H,1-2H3. The summed E-state index contributed by atoms with van der Waals surface area (Å²) in [5.74, 6) is 0.772. The van der Waals surface area contributed by atoms with Crippen LogP contribution in [0.1, 0.15) is 11.4 Å². The molecule has 0 aliphatic heterocycles. The molecule has 0 aliphatic rings. The highest BCUT2D eigenvalue weighted by Crippen LogP contribution is 2.34. The van der Waals surface area contributed by atoms with Crippen LogP contribution in [0.3, 0.4) is 0 Å². The summed E-state index contributed by atoms with van der Waals surface area (Å²) in [6, 6.07) is 18.0. The number of rotatable bonds is 2. The highest BCUT2D eigenvalue weighted by Gasteiger charge is 2.13. The van der Waals surface area contributed by atoms with E-state index in [1.165, 1.54) is 0 Å². The molecule has 0 atom stereocenters. The SMILES string of the molecule is COc1ccc2c(C#N)nc(C)c(-c3ccccc3)c2c1. The van der Waals surface area contributed by atoms with Crippen molar-refractivity contribution in [1.82, 2.24) is 4.98 Å². The molecule has 2 aromatic carbocycles. The van der Waals surface area contributed by atoms with Gasteiger partial charge in [-0.25, -0.2) is 4.98 Å². The fourth-order valence-corrected chi connectivity index (χ4v) is 2.60. The molecule has 3 rings (SSSR count). The average molecular weight is 274 g/mol. The summed E-state index contributed by atoms with van der Waals surface area (Å²) in [7, 11) is 1.64. The van der Waals surface area contributed by atoms with Crippen molar-refractivity contribution in [3.05, 3.63) is 59.9 Å². The maximum Gasteiger partial charge on any atom is 0.148 e. The average Bonchev–Trinajstić information content (AvgIpc) is 2.54. The van der Waals surface area contributed by atoms with Crippen LogP contribution in [0.15, 0.2) is 48.5 Å². The number of hydrogen-bond donors (Lipinski definition) is 0. The second kappa shape index (κ2) is 5.26. The van der Waals surface area contributed by atoms with E-state index in [1.807, 2.05) is 43.3 Å². The predicted molar refractivity (Wildman–Crippen MR) is 83.2 cm³/mol. The zero-order valence-corrected chi connectivity index (χ0v) is 11.9. The monoisotopic (exact) mass is 274 g/mol. The molecule has 3 nitrogen and oxygen atoms in total. The van der Waals surface area contributed by atoms with Gasteiger partial charge in [0.05, 0.1) is 7.11 Å². The fraction of sp³-hybridized carbons (Fsp3) is 0.111. The smallest absolute Gasteiger partial charge is 0.148 e. The van der Waals surface area contributed by atoms with E-state index in [9.17, 15) is 5.26 Å². The van der Waals surface area contributed by atoms with Crippen LogP contribution in [-0.2, 0) is 0 Å². The summed E-state index contributed by atoms with van der Waals surface area (Å²) >= 11 is 0. The normalized spacial score (nSPS) is 10.3. The highest BCUT2D eigenvalue weighted by atomic mass is 16.5. The molecule has 0 fully saturated rings. The lowest BCUT2D eigenvalue weighted by Gasteiger charge is -2.12. The summed E-state index contributed by atoms with van der Waals surface area (Å²) in [6.45, 7) is 1.93. The molecule has 0 aliphatic carbocycles. The van der Waals surface area contributed by atoms with Crippen LogP contribution in [-0.4, -0.2) is 12.1 Å². The van der Waals surface area contributed by atoms with Crippen molar-refractivity contribution < 1.29 is 4.74 Å².